The van der Waals surface area contributed by atoms with E-state index in [1.165, 1.54) is 12.8 Å². The second-order valence-electron chi connectivity index (χ2n) is 8.66. The van der Waals surface area contributed by atoms with E-state index in [-0.39, 0.29) is 36.6 Å². The van der Waals surface area contributed by atoms with Crippen molar-refractivity contribution in [3.8, 4) is 0 Å². The molecule has 2 atom stereocenters. The SMILES string of the molecule is CC1CCC(NC(=O)CN2CCN(C(=O)[C@@H]3CCC[C@@H]3CN)CC2)CC1.Cl.Cl. The number of carbonyl (C=O) groups is 2. The fraction of sp³-hybridized carbons (Fsp3) is 0.900. The Bertz CT molecular complexity index is 493. The molecule has 164 valence electrons. The van der Waals surface area contributed by atoms with Crippen LogP contribution >= 0.6 is 24.8 Å². The van der Waals surface area contributed by atoms with E-state index in [1.54, 1.807) is 0 Å². The number of nitrogens with zero attached hydrogens (tertiary/aromatic N) is 2. The molecule has 0 bridgehead atoms. The molecule has 0 aromatic carbocycles. The fourth-order valence-electron chi connectivity index (χ4n) is 4.89. The van der Waals surface area contributed by atoms with Gasteiger partial charge in [0.05, 0.1) is 6.54 Å². The molecule has 28 heavy (non-hydrogen) atoms. The van der Waals surface area contributed by atoms with Gasteiger partial charge in [-0.1, -0.05) is 13.3 Å². The van der Waals surface area contributed by atoms with Gasteiger partial charge in [0.25, 0.3) is 0 Å². The summed E-state index contributed by atoms with van der Waals surface area (Å²) in [4.78, 5) is 29.3. The van der Waals surface area contributed by atoms with Gasteiger partial charge in [0.1, 0.15) is 0 Å². The van der Waals surface area contributed by atoms with Gasteiger partial charge in [0, 0.05) is 38.1 Å². The minimum Gasteiger partial charge on any atom is -0.352 e. The van der Waals surface area contributed by atoms with Gasteiger partial charge in [-0.3, -0.25) is 14.5 Å². The van der Waals surface area contributed by atoms with E-state index < -0.39 is 0 Å². The molecule has 3 N–H and O–H groups in total. The van der Waals surface area contributed by atoms with Crippen molar-refractivity contribution in [1.82, 2.24) is 15.1 Å². The van der Waals surface area contributed by atoms with Crippen molar-refractivity contribution in [2.75, 3.05) is 39.3 Å². The molecule has 2 amide bonds. The average molecular weight is 437 g/mol. The van der Waals surface area contributed by atoms with E-state index in [9.17, 15) is 9.59 Å². The molecule has 2 saturated carbocycles. The highest BCUT2D eigenvalue weighted by atomic mass is 35.5. The van der Waals surface area contributed by atoms with Crippen molar-refractivity contribution in [3.63, 3.8) is 0 Å². The summed E-state index contributed by atoms with van der Waals surface area (Å²) in [7, 11) is 0. The Kier molecular flexibility index (Phi) is 11.1. The number of hydrogen-bond acceptors (Lipinski definition) is 4. The van der Waals surface area contributed by atoms with Gasteiger partial charge in [-0.15, -0.1) is 24.8 Å². The first-order valence-corrected chi connectivity index (χ1v) is 10.6. The molecule has 0 aromatic rings. The molecule has 6 nitrogen and oxygen atoms in total. The lowest BCUT2D eigenvalue weighted by Crippen LogP contribution is -2.53. The number of carbonyl (C=O) groups excluding carboxylic acids is 2. The number of piperazine rings is 1. The molecular formula is C20H38Cl2N4O2. The number of rotatable bonds is 5. The smallest absolute Gasteiger partial charge is 0.234 e. The van der Waals surface area contributed by atoms with Crippen LogP contribution in [-0.2, 0) is 9.59 Å². The largest absolute Gasteiger partial charge is 0.352 e. The third kappa shape index (κ3) is 6.75. The van der Waals surface area contributed by atoms with Crippen molar-refractivity contribution >= 4 is 36.6 Å². The molecule has 1 aliphatic heterocycles. The maximum Gasteiger partial charge on any atom is 0.234 e. The van der Waals surface area contributed by atoms with E-state index in [0.717, 1.165) is 64.2 Å². The minimum atomic E-state index is 0. The van der Waals surface area contributed by atoms with Crippen LogP contribution in [0.3, 0.4) is 0 Å². The maximum absolute atomic E-state index is 12.8. The summed E-state index contributed by atoms with van der Waals surface area (Å²) in [6.07, 6.45) is 7.86. The highest BCUT2D eigenvalue weighted by Crippen LogP contribution is 2.32. The molecular weight excluding hydrogens is 399 g/mol. The van der Waals surface area contributed by atoms with Crippen molar-refractivity contribution in [2.24, 2.45) is 23.5 Å². The van der Waals surface area contributed by atoms with Gasteiger partial charge in [0.15, 0.2) is 0 Å². The Hall–Kier alpha value is -0.560. The van der Waals surface area contributed by atoms with Gasteiger partial charge in [0.2, 0.25) is 11.8 Å². The Morgan fingerprint density at radius 2 is 1.61 bits per heavy atom. The van der Waals surface area contributed by atoms with Crippen LogP contribution in [0.15, 0.2) is 0 Å². The topological polar surface area (TPSA) is 78.7 Å². The minimum absolute atomic E-state index is 0. The van der Waals surface area contributed by atoms with Gasteiger partial charge in [-0.2, -0.15) is 0 Å². The Morgan fingerprint density at radius 3 is 2.21 bits per heavy atom. The summed E-state index contributed by atoms with van der Waals surface area (Å²) < 4.78 is 0. The summed E-state index contributed by atoms with van der Waals surface area (Å²) in [6.45, 7) is 6.43. The van der Waals surface area contributed by atoms with Gasteiger partial charge >= 0.3 is 0 Å². The summed E-state index contributed by atoms with van der Waals surface area (Å²) in [5.41, 5.74) is 5.83. The second-order valence-corrected chi connectivity index (χ2v) is 8.66. The monoisotopic (exact) mass is 436 g/mol. The Balaban J connectivity index is 0.00000196. The van der Waals surface area contributed by atoms with Crippen LogP contribution in [0, 0.1) is 17.8 Å². The van der Waals surface area contributed by atoms with E-state index in [2.05, 4.69) is 17.1 Å². The lowest BCUT2D eigenvalue weighted by molar-refractivity contribution is -0.138. The van der Waals surface area contributed by atoms with E-state index >= 15 is 0 Å². The van der Waals surface area contributed by atoms with Crippen LogP contribution in [0.25, 0.3) is 0 Å². The summed E-state index contributed by atoms with van der Waals surface area (Å²) in [5.74, 6) is 1.72. The van der Waals surface area contributed by atoms with Gasteiger partial charge in [-0.25, -0.2) is 0 Å². The highest BCUT2D eigenvalue weighted by molar-refractivity contribution is 5.85. The van der Waals surface area contributed by atoms with Crippen LogP contribution in [0.4, 0.5) is 0 Å². The molecule has 8 heteroatoms. The molecule has 3 aliphatic rings. The van der Waals surface area contributed by atoms with E-state index in [0.29, 0.717) is 31.0 Å². The first kappa shape index (κ1) is 25.5. The average Bonchev–Trinajstić information content (AvgIpc) is 3.12. The molecule has 3 fully saturated rings. The predicted molar refractivity (Wildman–Crippen MR) is 117 cm³/mol. The third-order valence-corrected chi connectivity index (χ3v) is 6.71. The molecule has 3 rings (SSSR count). The van der Waals surface area contributed by atoms with Crippen LogP contribution < -0.4 is 11.1 Å². The Morgan fingerprint density at radius 1 is 0.964 bits per heavy atom. The quantitative estimate of drug-likeness (QED) is 0.690. The zero-order valence-electron chi connectivity index (χ0n) is 17.1. The summed E-state index contributed by atoms with van der Waals surface area (Å²) >= 11 is 0. The lowest BCUT2D eigenvalue weighted by atomic mass is 9.87. The van der Waals surface area contributed by atoms with Crippen molar-refractivity contribution in [2.45, 2.75) is 57.9 Å². The third-order valence-electron chi connectivity index (χ3n) is 6.71. The van der Waals surface area contributed by atoms with Crippen molar-refractivity contribution in [1.29, 1.82) is 0 Å². The van der Waals surface area contributed by atoms with Gasteiger partial charge in [-0.05, 0) is 56.9 Å². The molecule has 1 heterocycles. The molecule has 0 aromatic heterocycles. The zero-order chi connectivity index (χ0) is 18.5. The van der Waals surface area contributed by atoms with Crippen LogP contribution in [0.2, 0.25) is 0 Å². The number of nitrogens with two attached hydrogens (primary N) is 1. The number of hydrogen-bond donors (Lipinski definition) is 2. The molecule has 0 unspecified atom stereocenters. The van der Waals surface area contributed by atoms with Crippen molar-refractivity contribution in [3.05, 3.63) is 0 Å². The fourth-order valence-corrected chi connectivity index (χ4v) is 4.89. The lowest BCUT2D eigenvalue weighted by Gasteiger charge is -2.36. The predicted octanol–water partition coefficient (Wildman–Crippen LogP) is 2.04. The first-order valence-electron chi connectivity index (χ1n) is 10.6. The highest BCUT2D eigenvalue weighted by Gasteiger charge is 2.35. The number of halogens is 2. The first-order chi connectivity index (χ1) is 12.6. The van der Waals surface area contributed by atoms with Crippen LogP contribution in [-0.4, -0.2) is 66.9 Å². The molecule has 2 aliphatic carbocycles. The molecule has 0 radical (unpaired) electrons. The van der Waals surface area contributed by atoms with E-state index in [4.69, 9.17) is 5.73 Å². The standard InChI is InChI=1S/C20H36N4O2.2ClH/c1-15-5-7-17(8-6-15)22-19(25)14-23-9-11-24(12-10-23)20(26)18-4-2-3-16(18)13-21;;/h15-18H,2-14,21H2,1H3,(H,22,25);2*1H/t15?,16-,17?,18-;;/m1../s1. The van der Waals surface area contributed by atoms with Crippen LogP contribution in [0.5, 0.6) is 0 Å². The normalized spacial score (nSPS) is 30.9. The number of nitrogens with one attached hydrogen (secondary N) is 1. The summed E-state index contributed by atoms with van der Waals surface area (Å²) in [6, 6.07) is 0.358. The molecule has 1 saturated heterocycles. The Labute approximate surface area is 182 Å². The second kappa shape index (κ2) is 12.2. The zero-order valence-corrected chi connectivity index (χ0v) is 18.7. The van der Waals surface area contributed by atoms with Crippen molar-refractivity contribution < 1.29 is 9.59 Å². The van der Waals surface area contributed by atoms with Gasteiger partial charge < -0.3 is 16.0 Å². The number of amides is 2. The van der Waals surface area contributed by atoms with Crippen LogP contribution in [0.1, 0.15) is 51.9 Å². The van der Waals surface area contributed by atoms with E-state index in [1.807, 2.05) is 4.90 Å². The molecule has 0 spiro atoms. The summed E-state index contributed by atoms with van der Waals surface area (Å²) in [5, 5.41) is 3.20. The maximum atomic E-state index is 12.8.